The first-order valence-corrected chi connectivity index (χ1v) is 6.61. The van der Waals surface area contributed by atoms with E-state index in [9.17, 15) is 4.79 Å². The fraction of sp³-hybridized carbons (Fsp3) is 0.923. The van der Waals surface area contributed by atoms with Crippen LogP contribution in [0, 0.1) is 5.92 Å². The highest BCUT2D eigenvalue weighted by Gasteiger charge is 2.15. The van der Waals surface area contributed by atoms with E-state index in [4.69, 9.17) is 4.74 Å². The molecule has 1 aliphatic rings. The molecule has 0 radical (unpaired) electrons. The Hall–Kier alpha value is -0.570. The van der Waals surface area contributed by atoms with Crippen LogP contribution in [0.15, 0.2) is 0 Å². The minimum absolute atomic E-state index is 0.106. The summed E-state index contributed by atoms with van der Waals surface area (Å²) >= 11 is 0. The topological polar surface area (TPSA) is 38.3 Å². The van der Waals surface area contributed by atoms with E-state index in [0.717, 1.165) is 6.42 Å². The van der Waals surface area contributed by atoms with Gasteiger partial charge in [0.15, 0.2) is 0 Å². The molecule has 3 heteroatoms. The van der Waals surface area contributed by atoms with E-state index in [0.29, 0.717) is 25.1 Å². The second-order valence-corrected chi connectivity index (χ2v) is 4.88. The minimum atomic E-state index is -0.106. The SMILES string of the molecule is CCC(C)NCC(=O)OCC1CCCCC1. The summed E-state index contributed by atoms with van der Waals surface area (Å²) in [5, 5.41) is 3.15. The van der Waals surface area contributed by atoms with Crippen LogP contribution in [0.3, 0.4) is 0 Å². The van der Waals surface area contributed by atoms with Crippen molar-refractivity contribution in [2.24, 2.45) is 5.92 Å². The second-order valence-electron chi connectivity index (χ2n) is 4.88. The molecular weight excluding hydrogens is 202 g/mol. The van der Waals surface area contributed by atoms with E-state index in [1.165, 1.54) is 32.1 Å². The van der Waals surface area contributed by atoms with Gasteiger partial charge in [-0.2, -0.15) is 0 Å². The highest BCUT2D eigenvalue weighted by Crippen LogP contribution is 2.23. The third kappa shape index (κ3) is 5.50. The van der Waals surface area contributed by atoms with Crippen LogP contribution >= 0.6 is 0 Å². The molecule has 1 N–H and O–H groups in total. The van der Waals surface area contributed by atoms with Gasteiger partial charge in [-0.15, -0.1) is 0 Å². The van der Waals surface area contributed by atoms with Gasteiger partial charge < -0.3 is 10.1 Å². The van der Waals surface area contributed by atoms with Crippen molar-refractivity contribution < 1.29 is 9.53 Å². The number of rotatable bonds is 6. The fourth-order valence-corrected chi connectivity index (χ4v) is 2.02. The Labute approximate surface area is 98.9 Å². The van der Waals surface area contributed by atoms with Crippen LogP contribution in [0.4, 0.5) is 0 Å². The Bertz CT molecular complexity index is 200. The molecule has 0 heterocycles. The molecule has 0 spiro atoms. The van der Waals surface area contributed by atoms with Crippen molar-refractivity contribution in [3.8, 4) is 0 Å². The largest absolute Gasteiger partial charge is 0.464 e. The molecule has 3 nitrogen and oxygen atoms in total. The molecule has 94 valence electrons. The van der Waals surface area contributed by atoms with Crippen LogP contribution in [0.25, 0.3) is 0 Å². The lowest BCUT2D eigenvalue weighted by Gasteiger charge is -2.21. The monoisotopic (exact) mass is 227 g/mol. The van der Waals surface area contributed by atoms with Crippen LogP contribution in [-0.2, 0) is 9.53 Å². The third-order valence-electron chi connectivity index (χ3n) is 3.41. The maximum Gasteiger partial charge on any atom is 0.319 e. The molecule has 0 amide bonds. The molecule has 1 unspecified atom stereocenters. The average Bonchev–Trinajstić information content (AvgIpc) is 2.34. The van der Waals surface area contributed by atoms with Crippen LogP contribution in [0.5, 0.6) is 0 Å². The van der Waals surface area contributed by atoms with Gasteiger partial charge in [0.05, 0.1) is 13.2 Å². The van der Waals surface area contributed by atoms with Gasteiger partial charge in [-0.25, -0.2) is 0 Å². The Morgan fingerprint density at radius 1 is 1.38 bits per heavy atom. The lowest BCUT2D eigenvalue weighted by molar-refractivity contribution is -0.144. The van der Waals surface area contributed by atoms with Crippen molar-refractivity contribution in [3.05, 3.63) is 0 Å². The van der Waals surface area contributed by atoms with Gasteiger partial charge in [0.25, 0.3) is 0 Å². The molecule has 0 saturated heterocycles. The first kappa shape index (κ1) is 13.5. The summed E-state index contributed by atoms with van der Waals surface area (Å²) < 4.78 is 5.27. The molecule has 1 aliphatic carbocycles. The molecule has 0 aromatic carbocycles. The van der Waals surface area contributed by atoms with Gasteiger partial charge in [-0.3, -0.25) is 4.79 Å². The van der Waals surface area contributed by atoms with Gasteiger partial charge in [0, 0.05) is 6.04 Å². The number of nitrogens with one attached hydrogen (secondary N) is 1. The number of hydrogen-bond donors (Lipinski definition) is 1. The Morgan fingerprint density at radius 2 is 2.06 bits per heavy atom. The first-order chi connectivity index (χ1) is 7.72. The molecular formula is C13H25NO2. The van der Waals surface area contributed by atoms with Crippen LogP contribution < -0.4 is 5.32 Å². The Balaban J connectivity index is 2.05. The summed E-state index contributed by atoms with van der Waals surface area (Å²) in [6.07, 6.45) is 7.44. The molecule has 1 atom stereocenters. The number of ether oxygens (including phenoxy) is 1. The van der Waals surface area contributed by atoms with E-state index in [1.54, 1.807) is 0 Å². The first-order valence-electron chi connectivity index (χ1n) is 6.61. The molecule has 0 aromatic rings. The predicted octanol–water partition coefficient (Wildman–Crippen LogP) is 2.50. The minimum Gasteiger partial charge on any atom is -0.464 e. The van der Waals surface area contributed by atoms with Crippen molar-refractivity contribution in [1.29, 1.82) is 0 Å². The molecule has 1 fully saturated rings. The zero-order valence-corrected chi connectivity index (χ0v) is 10.6. The van der Waals surface area contributed by atoms with E-state index >= 15 is 0 Å². The lowest BCUT2D eigenvalue weighted by atomic mass is 9.90. The Kier molecular flexibility index (Phi) is 6.46. The number of carbonyl (C=O) groups is 1. The highest BCUT2D eigenvalue weighted by atomic mass is 16.5. The van der Waals surface area contributed by atoms with Crippen molar-refractivity contribution in [2.45, 2.75) is 58.4 Å². The Morgan fingerprint density at radius 3 is 2.69 bits per heavy atom. The smallest absolute Gasteiger partial charge is 0.319 e. The fourth-order valence-electron chi connectivity index (χ4n) is 2.02. The van der Waals surface area contributed by atoms with Gasteiger partial charge in [0.1, 0.15) is 0 Å². The average molecular weight is 227 g/mol. The molecule has 0 aromatic heterocycles. The summed E-state index contributed by atoms with van der Waals surface area (Å²) in [5.74, 6) is 0.507. The molecule has 16 heavy (non-hydrogen) atoms. The molecule has 0 bridgehead atoms. The number of hydrogen-bond acceptors (Lipinski definition) is 3. The van der Waals surface area contributed by atoms with Crippen LogP contribution in [0.1, 0.15) is 52.4 Å². The maximum absolute atomic E-state index is 11.4. The van der Waals surface area contributed by atoms with Crippen molar-refractivity contribution >= 4 is 5.97 Å². The summed E-state index contributed by atoms with van der Waals surface area (Å²) in [4.78, 5) is 11.4. The van der Waals surface area contributed by atoms with Crippen molar-refractivity contribution in [1.82, 2.24) is 5.32 Å². The molecule has 1 saturated carbocycles. The molecule has 0 aliphatic heterocycles. The lowest BCUT2D eigenvalue weighted by Crippen LogP contribution is -2.32. The zero-order chi connectivity index (χ0) is 11.8. The van der Waals surface area contributed by atoms with E-state index < -0.39 is 0 Å². The van der Waals surface area contributed by atoms with Gasteiger partial charge in [-0.1, -0.05) is 26.2 Å². The van der Waals surface area contributed by atoms with Gasteiger partial charge in [0.2, 0.25) is 0 Å². The molecule has 1 rings (SSSR count). The van der Waals surface area contributed by atoms with E-state index in [1.807, 2.05) is 0 Å². The van der Waals surface area contributed by atoms with Crippen LogP contribution in [0.2, 0.25) is 0 Å². The summed E-state index contributed by atoms with van der Waals surface area (Å²) in [5.41, 5.74) is 0. The normalized spacial score (nSPS) is 19.4. The second kappa shape index (κ2) is 7.66. The van der Waals surface area contributed by atoms with E-state index in [2.05, 4.69) is 19.2 Å². The quantitative estimate of drug-likeness (QED) is 0.709. The van der Waals surface area contributed by atoms with Gasteiger partial charge in [-0.05, 0) is 32.1 Å². The zero-order valence-electron chi connectivity index (χ0n) is 10.6. The van der Waals surface area contributed by atoms with Crippen molar-refractivity contribution in [2.75, 3.05) is 13.2 Å². The van der Waals surface area contributed by atoms with Gasteiger partial charge >= 0.3 is 5.97 Å². The van der Waals surface area contributed by atoms with Crippen LogP contribution in [-0.4, -0.2) is 25.2 Å². The number of carbonyl (C=O) groups excluding carboxylic acids is 1. The summed E-state index contributed by atoms with van der Waals surface area (Å²) in [6, 6.07) is 0.391. The standard InChI is InChI=1S/C13H25NO2/c1-3-11(2)14-9-13(15)16-10-12-7-5-4-6-8-12/h11-12,14H,3-10H2,1-2H3. The maximum atomic E-state index is 11.4. The third-order valence-corrected chi connectivity index (χ3v) is 3.41. The summed E-state index contributed by atoms with van der Waals surface area (Å²) in [6.45, 7) is 5.15. The summed E-state index contributed by atoms with van der Waals surface area (Å²) in [7, 11) is 0. The predicted molar refractivity (Wildman–Crippen MR) is 65.3 cm³/mol. The van der Waals surface area contributed by atoms with E-state index in [-0.39, 0.29) is 5.97 Å². The van der Waals surface area contributed by atoms with Crippen molar-refractivity contribution in [3.63, 3.8) is 0 Å². The number of esters is 1. The highest BCUT2D eigenvalue weighted by molar-refractivity contribution is 5.71.